The molecule has 18 heteroatoms. The third kappa shape index (κ3) is 6.98. The van der Waals surface area contributed by atoms with Crippen molar-refractivity contribution < 1.29 is 83.9 Å². The zero-order valence-electron chi connectivity index (χ0n) is 27.4. The summed E-state index contributed by atoms with van der Waals surface area (Å²) in [5, 5.41) is 104. The molecule has 4 heterocycles. The Morgan fingerprint density at radius 1 is 0.608 bits per heavy atom. The minimum atomic E-state index is -1.80. The molecule has 0 saturated carbocycles. The van der Waals surface area contributed by atoms with Gasteiger partial charge in [-0.2, -0.15) is 0 Å². The van der Waals surface area contributed by atoms with Gasteiger partial charge >= 0.3 is 0 Å². The van der Waals surface area contributed by atoms with Gasteiger partial charge in [0, 0.05) is 17.7 Å². The first-order valence-electron chi connectivity index (χ1n) is 16.1. The molecule has 0 bridgehead atoms. The van der Waals surface area contributed by atoms with Crippen LogP contribution in [0.5, 0.6) is 23.0 Å². The SMILES string of the molecule is C[C@@H]1O[C@H](O[C@H]2[C@H](O)[C@@H](Oc3cc(O)c4c(=O)c(O[C@@H]5O[C@@H](C)[C@H](O)[C@@H](O)[C@@H]5O)c(-c5ccc(O)cc5)oc4c3)O[C@@H](C)[C@@H]2O)[C@H](O)[C@H](O)[C@H]1O. The van der Waals surface area contributed by atoms with Crippen molar-refractivity contribution in [1.29, 1.82) is 0 Å². The molecule has 3 aliphatic heterocycles. The monoisotopic (exact) mass is 724 g/mol. The number of phenolic OH excluding ortho intramolecular Hbond substituents is 2. The molecular formula is C33H40O18. The van der Waals surface area contributed by atoms with Gasteiger partial charge < -0.3 is 83.9 Å². The van der Waals surface area contributed by atoms with Crippen LogP contribution in [0, 0.1) is 0 Å². The number of benzene rings is 2. The second-order valence-corrected chi connectivity index (χ2v) is 12.8. The van der Waals surface area contributed by atoms with Gasteiger partial charge in [0.1, 0.15) is 83.2 Å². The van der Waals surface area contributed by atoms with E-state index in [2.05, 4.69) is 0 Å². The summed E-state index contributed by atoms with van der Waals surface area (Å²) in [5.41, 5.74) is -1.01. The van der Waals surface area contributed by atoms with E-state index in [9.17, 15) is 55.9 Å². The summed E-state index contributed by atoms with van der Waals surface area (Å²) in [6.45, 7) is 4.29. The highest BCUT2D eigenvalue weighted by Crippen LogP contribution is 2.39. The molecule has 6 rings (SSSR count). The Bertz CT molecular complexity index is 1750. The number of phenols is 2. The van der Waals surface area contributed by atoms with Crippen molar-refractivity contribution in [1.82, 2.24) is 0 Å². The van der Waals surface area contributed by atoms with Crippen molar-refractivity contribution >= 4 is 11.0 Å². The Labute approximate surface area is 288 Å². The van der Waals surface area contributed by atoms with Gasteiger partial charge in [0.15, 0.2) is 12.1 Å². The topological polar surface area (TPSA) is 288 Å². The second-order valence-electron chi connectivity index (χ2n) is 12.8. The van der Waals surface area contributed by atoms with Crippen LogP contribution >= 0.6 is 0 Å². The molecule has 15 atom stereocenters. The lowest BCUT2D eigenvalue weighted by Gasteiger charge is -2.45. The maximum absolute atomic E-state index is 13.9. The van der Waals surface area contributed by atoms with E-state index in [0.717, 1.165) is 6.07 Å². The first kappa shape index (κ1) is 37.1. The van der Waals surface area contributed by atoms with Crippen LogP contribution in [0.4, 0.5) is 0 Å². The largest absolute Gasteiger partial charge is 0.508 e. The Morgan fingerprint density at radius 2 is 1.14 bits per heavy atom. The third-order valence-corrected chi connectivity index (χ3v) is 9.21. The van der Waals surface area contributed by atoms with Crippen molar-refractivity contribution in [3.63, 3.8) is 0 Å². The molecular weight excluding hydrogens is 684 g/mol. The average Bonchev–Trinajstić information content (AvgIpc) is 3.09. The molecule has 3 aliphatic rings. The molecule has 10 N–H and O–H groups in total. The first-order valence-corrected chi connectivity index (χ1v) is 16.1. The molecule has 18 nitrogen and oxygen atoms in total. The summed E-state index contributed by atoms with van der Waals surface area (Å²) in [4.78, 5) is 13.9. The Morgan fingerprint density at radius 3 is 1.75 bits per heavy atom. The van der Waals surface area contributed by atoms with Crippen LogP contribution in [0.25, 0.3) is 22.3 Å². The molecule has 3 fully saturated rings. The van der Waals surface area contributed by atoms with Crippen LogP contribution < -0.4 is 14.9 Å². The lowest BCUT2D eigenvalue weighted by molar-refractivity contribution is -0.346. The predicted molar refractivity (Wildman–Crippen MR) is 168 cm³/mol. The first-order chi connectivity index (χ1) is 24.1. The summed E-state index contributed by atoms with van der Waals surface area (Å²) in [6, 6.07) is 7.56. The van der Waals surface area contributed by atoms with Gasteiger partial charge in [-0.1, -0.05) is 0 Å². The Balaban J connectivity index is 1.33. The number of ether oxygens (including phenoxy) is 6. The van der Waals surface area contributed by atoms with Crippen LogP contribution in [0.2, 0.25) is 0 Å². The fourth-order valence-electron chi connectivity index (χ4n) is 6.13. The molecule has 280 valence electrons. The van der Waals surface area contributed by atoms with E-state index in [4.69, 9.17) is 32.8 Å². The van der Waals surface area contributed by atoms with E-state index in [1.54, 1.807) is 0 Å². The number of aliphatic hydroxyl groups excluding tert-OH is 8. The molecule has 2 aromatic carbocycles. The van der Waals surface area contributed by atoms with Crippen LogP contribution in [0.3, 0.4) is 0 Å². The number of aliphatic hydroxyl groups is 8. The zero-order chi connectivity index (χ0) is 37.0. The third-order valence-electron chi connectivity index (χ3n) is 9.21. The lowest BCUT2D eigenvalue weighted by atomic mass is 9.97. The van der Waals surface area contributed by atoms with Crippen LogP contribution in [0.1, 0.15) is 20.8 Å². The normalized spacial score (nSPS) is 38.8. The maximum Gasteiger partial charge on any atom is 0.239 e. The van der Waals surface area contributed by atoms with Gasteiger partial charge in [-0.25, -0.2) is 0 Å². The molecule has 51 heavy (non-hydrogen) atoms. The number of fused-ring (bicyclic) bond motifs is 1. The molecule has 0 spiro atoms. The Kier molecular flexibility index (Phi) is 10.5. The predicted octanol–water partition coefficient (Wildman–Crippen LogP) is -1.86. The number of rotatable bonds is 7. The highest BCUT2D eigenvalue weighted by Gasteiger charge is 2.50. The van der Waals surface area contributed by atoms with E-state index >= 15 is 0 Å². The number of aromatic hydroxyl groups is 2. The fourth-order valence-corrected chi connectivity index (χ4v) is 6.13. The highest BCUT2D eigenvalue weighted by atomic mass is 16.7. The molecule has 0 unspecified atom stereocenters. The van der Waals surface area contributed by atoms with Crippen molar-refractivity contribution in [3.05, 3.63) is 46.6 Å². The summed E-state index contributed by atoms with van der Waals surface area (Å²) in [5.74, 6) is -1.79. The average molecular weight is 725 g/mol. The highest BCUT2D eigenvalue weighted by molar-refractivity contribution is 5.88. The molecule has 0 amide bonds. The van der Waals surface area contributed by atoms with Gasteiger partial charge in [-0.3, -0.25) is 4.79 Å². The van der Waals surface area contributed by atoms with Crippen molar-refractivity contribution in [2.45, 2.75) is 113 Å². The van der Waals surface area contributed by atoms with E-state index in [1.807, 2.05) is 0 Å². The van der Waals surface area contributed by atoms with E-state index in [-0.39, 0.29) is 28.4 Å². The molecule has 3 aromatic rings. The minimum absolute atomic E-state index is 0.116. The smallest absolute Gasteiger partial charge is 0.239 e. The fraction of sp³-hybridized carbons (Fsp3) is 0.545. The summed E-state index contributed by atoms with van der Waals surface area (Å²) in [6.07, 6.45) is -22.3. The van der Waals surface area contributed by atoms with Gasteiger partial charge in [0.05, 0.1) is 18.3 Å². The van der Waals surface area contributed by atoms with Crippen molar-refractivity contribution in [3.8, 4) is 34.3 Å². The van der Waals surface area contributed by atoms with Crippen LogP contribution in [-0.2, 0) is 18.9 Å². The van der Waals surface area contributed by atoms with E-state index in [1.165, 1.54) is 51.1 Å². The van der Waals surface area contributed by atoms with E-state index < -0.39 is 114 Å². The molecule has 1 aromatic heterocycles. The summed E-state index contributed by atoms with van der Waals surface area (Å²) >= 11 is 0. The maximum atomic E-state index is 13.9. The Hall–Kier alpha value is -3.63. The molecule has 3 saturated heterocycles. The van der Waals surface area contributed by atoms with Crippen molar-refractivity contribution in [2.24, 2.45) is 0 Å². The van der Waals surface area contributed by atoms with Gasteiger partial charge in [0.2, 0.25) is 23.8 Å². The standard InChI is InChI=1S/C33H40O18/c1-10-19(36)23(40)25(42)31(45-10)50-29-21(38)12(3)47-33(27(29)44)48-15-8-16(35)18-17(9-15)49-28(13-4-6-14(34)7-5-13)30(22(18)39)51-32-26(43)24(41)20(37)11(2)46-32/h4-12,19-21,23-27,29,31-38,40-44H,1-3H3/t10-,11-,12-,19-,20-,21-,23+,24+,25+,26-,27-,29+,31+,32-,33+/m0/s1. The van der Waals surface area contributed by atoms with Gasteiger partial charge in [-0.05, 0) is 45.0 Å². The van der Waals surface area contributed by atoms with Gasteiger partial charge in [0.25, 0.3) is 0 Å². The van der Waals surface area contributed by atoms with Gasteiger partial charge in [-0.15, -0.1) is 0 Å². The van der Waals surface area contributed by atoms with E-state index in [0.29, 0.717) is 0 Å². The minimum Gasteiger partial charge on any atom is -0.508 e. The summed E-state index contributed by atoms with van der Waals surface area (Å²) in [7, 11) is 0. The quantitative estimate of drug-likeness (QED) is 0.128. The zero-order valence-corrected chi connectivity index (χ0v) is 27.4. The number of hydrogen-bond donors (Lipinski definition) is 10. The second kappa shape index (κ2) is 14.4. The van der Waals surface area contributed by atoms with Crippen LogP contribution in [0.15, 0.2) is 45.6 Å². The van der Waals surface area contributed by atoms with Crippen LogP contribution in [-0.4, -0.2) is 143 Å². The van der Waals surface area contributed by atoms with Crippen molar-refractivity contribution in [2.75, 3.05) is 0 Å². The molecule has 0 aliphatic carbocycles. The number of hydrogen-bond acceptors (Lipinski definition) is 18. The lowest BCUT2D eigenvalue weighted by Crippen LogP contribution is -2.63. The molecule has 0 radical (unpaired) electrons. The summed E-state index contributed by atoms with van der Waals surface area (Å²) < 4.78 is 39.9.